The highest BCUT2D eigenvalue weighted by Gasteiger charge is 2.11. The van der Waals surface area contributed by atoms with Gasteiger partial charge in [0.1, 0.15) is 17.4 Å². The van der Waals surface area contributed by atoms with Crippen LogP contribution in [0.1, 0.15) is 45.1 Å². The lowest BCUT2D eigenvalue weighted by molar-refractivity contribution is 0.232. The number of unbranched alkanes of at least 4 members (excludes halogenated alkanes) is 1. The van der Waals surface area contributed by atoms with E-state index in [-0.39, 0.29) is 0 Å². The van der Waals surface area contributed by atoms with Crippen LogP contribution in [0.15, 0.2) is 23.1 Å². The Bertz CT molecular complexity index is 425. The van der Waals surface area contributed by atoms with Crippen LogP contribution < -0.4 is 4.74 Å². The van der Waals surface area contributed by atoms with E-state index in [0.29, 0.717) is 18.1 Å². The molecule has 0 saturated carbocycles. The van der Waals surface area contributed by atoms with E-state index >= 15 is 0 Å². The number of ether oxygens (including phenoxy) is 1. The van der Waals surface area contributed by atoms with E-state index in [9.17, 15) is 5.26 Å². The van der Waals surface area contributed by atoms with Gasteiger partial charge in [0.2, 0.25) is 0 Å². The summed E-state index contributed by atoms with van der Waals surface area (Å²) < 4.78 is 5.88. The lowest BCUT2D eigenvalue weighted by Gasteiger charge is -2.16. The molecule has 0 aliphatic rings. The minimum atomic E-state index is 0.587. The summed E-state index contributed by atoms with van der Waals surface area (Å²) in [5.41, 5.74) is 0.667. The summed E-state index contributed by atoms with van der Waals surface area (Å²) in [4.78, 5) is 0.988. The molecule has 0 amide bonds. The van der Waals surface area contributed by atoms with Gasteiger partial charge in [-0.25, -0.2) is 0 Å². The molecule has 0 spiro atoms. The van der Waals surface area contributed by atoms with Crippen molar-refractivity contribution in [1.29, 1.82) is 5.26 Å². The van der Waals surface area contributed by atoms with Crippen molar-refractivity contribution in [3.05, 3.63) is 23.8 Å². The zero-order valence-electron chi connectivity index (χ0n) is 12.1. The van der Waals surface area contributed by atoms with Crippen molar-refractivity contribution < 1.29 is 4.74 Å². The molecule has 1 rings (SSSR count). The highest BCUT2D eigenvalue weighted by Crippen LogP contribution is 2.28. The van der Waals surface area contributed by atoms with Crippen molar-refractivity contribution in [2.24, 2.45) is 5.92 Å². The first-order chi connectivity index (χ1) is 9.26. The lowest BCUT2D eigenvalue weighted by Crippen LogP contribution is -2.12. The molecule has 2 nitrogen and oxygen atoms in total. The summed E-state index contributed by atoms with van der Waals surface area (Å²) in [6.07, 6.45) is 6.79. The van der Waals surface area contributed by atoms with Crippen LogP contribution in [0.25, 0.3) is 0 Å². The molecule has 1 unspecified atom stereocenters. The van der Waals surface area contributed by atoms with Crippen molar-refractivity contribution >= 4 is 11.8 Å². The van der Waals surface area contributed by atoms with Crippen molar-refractivity contribution in [1.82, 2.24) is 0 Å². The van der Waals surface area contributed by atoms with Crippen molar-refractivity contribution in [2.45, 2.75) is 44.4 Å². The maximum Gasteiger partial charge on any atom is 0.138 e. The Morgan fingerprint density at radius 3 is 2.74 bits per heavy atom. The number of nitrogens with zero attached hydrogens (tertiary/aromatic N) is 1. The third-order valence-corrected chi connectivity index (χ3v) is 4.12. The van der Waals surface area contributed by atoms with E-state index in [1.807, 2.05) is 24.5 Å². The average molecular weight is 277 g/mol. The van der Waals surface area contributed by atoms with Gasteiger partial charge in [-0.1, -0.05) is 39.2 Å². The van der Waals surface area contributed by atoms with E-state index in [2.05, 4.69) is 19.9 Å². The van der Waals surface area contributed by atoms with E-state index in [1.54, 1.807) is 11.8 Å². The predicted octanol–water partition coefficient (Wildman–Crippen LogP) is 4.88. The Morgan fingerprint density at radius 1 is 1.37 bits per heavy atom. The number of rotatable bonds is 8. The molecule has 0 aromatic heterocycles. The second-order valence-corrected chi connectivity index (χ2v) is 5.52. The minimum absolute atomic E-state index is 0.587. The molecule has 3 heteroatoms. The van der Waals surface area contributed by atoms with Gasteiger partial charge < -0.3 is 4.74 Å². The third kappa shape index (κ3) is 4.80. The predicted molar refractivity (Wildman–Crippen MR) is 81.7 cm³/mol. The fraction of sp³-hybridized carbons (Fsp3) is 0.562. The molecule has 0 radical (unpaired) electrons. The molecule has 0 aliphatic heterocycles. The van der Waals surface area contributed by atoms with Crippen LogP contribution in [0.5, 0.6) is 5.75 Å². The quantitative estimate of drug-likeness (QED) is 0.635. The molecule has 0 bridgehead atoms. The van der Waals surface area contributed by atoms with Crippen LogP contribution in [0.4, 0.5) is 0 Å². The Labute approximate surface area is 121 Å². The van der Waals surface area contributed by atoms with Gasteiger partial charge in [0, 0.05) is 4.90 Å². The number of hydrogen-bond donors (Lipinski definition) is 0. The Hall–Kier alpha value is -1.14. The van der Waals surface area contributed by atoms with E-state index < -0.39 is 0 Å². The summed E-state index contributed by atoms with van der Waals surface area (Å²) in [6, 6.07) is 8.06. The standard InChI is InChI=1S/C16H23NOS/c1-4-6-8-13(5-2)12-18-15-9-7-10-16(19-3)14(15)11-17/h7,9-10,13H,4-6,8,12H2,1-3H3. The third-order valence-electron chi connectivity index (χ3n) is 3.34. The van der Waals surface area contributed by atoms with Gasteiger partial charge in [-0.2, -0.15) is 5.26 Å². The first-order valence-corrected chi connectivity index (χ1v) is 8.19. The summed E-state index contributed by atoms with van der Waals surface area (Å²) in [5, 5.41) is 9.25. The summed E-state index contributed by atoms with van der Waals surface area (Å²) in [5.74, 6) is 1.31. The van der Waals surface area contributed by atoms with E-state index in [4.69, 9.17) is 4.74 Å². The van der Waals surface area contributed by atoms with Crippen LogP contribution in [0, 0.1) is 17.2 Å². The smallest absolute Gasteiger partial charge is 0.138 e. The molecule has 1 atom stereocenters. The molecule has 0 saturated heterocycles. The normalized spacial score (nSPS) is 11.9. The summed E-state index contributed by atoms with van der Waals surface area (Å²) >= 11 is 1.59. The molecular formula is C16H23NOS. The van der Waals surface area contributed by atoms with Gasteiger partial charge in [-0.3, -0.25) is 0 Å². The molecule has 0 N–H and O–H groups in total. The second-order valence-electron chi connectivity index (χ2n) is 4.67. The van der Waals surface area contributed by atoms with Gasteiger partial charge in [0.05, 0.1) is 6.61 Å². The Balaban J connectivity index is 2.69. The van der Waals surface area contributed by atoms with Crippen LogP contribution in [0.3, 0.4) is 0 Å². The molecule has 0 aliphatic carbocycles. The van der Waals surface area contributed by atoms with E-state index in [0.717, 1.165) is 17.1 Å². The first-order valence-electron chi connectivity index (χ1n) is 6.96. The average Bonchev–Trinajstić information content (AvgIpc) is 2.46. The highest BCUT2D eigenvalue weighted by atomic mass is 32.2. The second kappa shape index (κ2) is 8.87. The molecular weight excluding hydrogens is 254 g/mol. The number of nitriles is 1. The molecule has 19 heavy (non-hydrogen) atoms. The van der Waals surface area contributed by atoms with Crippen LogP contribution in [-0.4, -0.2) is 12.9 Å². The van der Waals surface area contributed by atoms with Gasteiger partial charge in [0.15, 0.2) is 0 Å². The summed E-state index contributed by atoms with van der Waals surface area (Å²) in [7, 11) is 0. The largest absolute Gasteiger partial charge is 0.492 e. The molecule has 1 aromatic carbocycles. The molecule has 0 heterocycles. The zero-order valence-corrected chi connectivity index (χ0v) is 12.9. The van der Waals surface area contributed by atoms with Gasteiger partial charge >= 0.3 is 0 Å². The lowest BCUT2D eigenvalue weighted by atomic mass is 10.0. The molecule has 1 aromatic rings. The number of thioether (sulfide) groups is 1. The Kier molecular flexibility index (Phi) is 7.43. The zero-order chi connectivity index (χ0) is 14.1. The topological polar surface area (TPSA) is 33.0 Å². The highest BCUT2D eigenvalue weighted by molar-refractivity contribution is 7.98. The van der Waals surface area contributed by atoms with Crippen LogP contribution >= 0.6 is 11.8 Å². The monoisotopic (exact) mass is 277 g/mol. The maximum atomic E-state index is 9.25. The van der Waals surface area contributed by atoms with Gasteiger partial charge in [-0.05, 0) is 30.7 Å². The SMILES string of the molecule is CCCCC(CC)COc1cccc(SC)c1C#N. The fourth-order valence-corrected chi connectivity index (χ4v) is 2.58. The van der Waals surface area contributed by atoms with Crippen molar-refractivity contribution in [3.8, 4) is 11.8 Å². The first kappa shape index (κ1) is 15.9. The number of benzene rings is 1. The van der Waals surface area contributed by atoms with Crippen molar-refractivity contribution in [2.75, 3.05) is 12.9 Å². The molecule has 0 fully saturated rings. The molecule has 104 valence electrons. The fourth-order valence-electron chi connectivity index (χ4n) is 2.02. The van der Waals surface area contributed by atoms with Gasteiger partial charge in [-0.15, -0.1) is 11.8 Å². The summed E-state index contributed by atoms with van der Waals surface area (Å²) in [6.45, 7) is 5.12. The van der Waals surface area contributed by atoms with E-state index in [1.165, 1.54) is 19.3 Å². The van der Waals surface area contributed by atoms with Crippen LogP contribution in [-0.2, 0) is 0 Å². The van der Waals surface area contributed by atoms with Gasteiger partial charge in [0.25, 0.3) is 0 Å². The van der Waals surface area contributed by atoms with Crippen molar-refractivity contribution in [3.63, 3.8) is 0 Å². The maximum absolute atomic E-state index is 9.25. The Morgan fingerprint density at radius 2 is 2.16 bits per heavy atom. The number of hydrogen-bond acceptors (Lipinski definition) is 3. The minimum Gasteiger partial charge on any atom is -0.492 e. The van der Waals surface area contributed by atoms with Crippen LogP contribution in [0.2, 0.25) is 0 Å².